The molecule has 0 radical (unpaired) electrons. The Bertz CT molecular complexity index is 717. The number of rotatable bonds is 7. The Kier molecular flexibility index (Phi) is 6.02. The van der Waals surface area contributed by atoms with Gasteiger partial charge >= 0.3 is 0 Å². The standard InChI is InChI=1S/C15H20N2O6S/c1-21-13-4-3-11(7-14(13)22-2)8-16-23-9-15(18)17-12-5-6-24(19,20)10-12/h3-4,7-8,12H,5-6,9-10H2,1-2H3,(H,17,18)/b16-8-/t12-/m0/s1. The van der Waals surface area contributed by atoms with Gasteiger partial charge < -0.3 is 19.6 Å². The van der Waals surface area contributed by atoms with Gasteiger partial charge in [0.15, 0.2) is 27.9 Å². The number of amides is 1. The van der Waals surface area contributed by atoms with Crippen LogP contribution in [0.3, 0.4) is 0 Å². The fourth-order valence-corrected chi connectivity index (χ4v) is 3.98. The zero-order chi connectivity index (χ0) is 17.6. The van der Waals surface area contributed by atoms with E-state index in [0.29, 0.717) is 17.9 Å². The zero-order valence-corrected chi connectivity index (χ0v) is 14.3. The summed E-state index contributed by atoms with van der Waals surface area (Å²) in [5.74, 6) is 0.842. The van der Waals surface area contributed by atoms with Gasteiger partial charge in [0.05, 0.1) is 31.9 Å². The highest BCUT2D eigenvalue weighted by atomic mass is 32.2. The van der Waals surface area contributed by atoms with Crippen molar-refractivity contribution in [3.8, 4) is 11.5 Å². The molecule has 0 aliphatic carbocycles. The lowest BCUT2D eigenvalue weighted by molar-refractivity contribution is -0.126. The number of carbonyl (C=O) groups is 1. The van der Waals surface area contributed by atoms with Gasteiger partial charge in [0.2, 0.25) is 0 Å². The molecule has 1 amide bonds. The summed E-state index contributed by atoms with van der Waals surface area (Å²) in [6, 6.07) is 4.86. The van der Waals surface area contributed by atoms with E-state index in [2.05, 4.69) is 10.5 Å². The van der Waals surface area contributed by atoms with Gasteiger partial charge in [-0.1, -0.05) is 5.16 Å². The lowest BCUT2D eigenvalue weighted by Gasteiger charge is -2.09. The van der Waals surface area contributed by atoms with E-state index in [1.807, 2.05) is 0 Å². The van der Waals surface area contributed by atoms with Crippen LogP contribution >= 0.6 is 0 Å². The second-order valence-electron chi connectivity index (χ2n) is 5.29. The maximum atomic E-state index is 11.7. The Morgan fingerprint density at radius 1 is 1.33 bits per heavy atom. The monoisotopic (exact) mass is 356 g/mol. The van der Waals surface area contributed by atoms with Crippen molar-refractivity contribution in [1.82, 2.24) is 5.32 Å². The summed E-state index contributed by atoms with van der Waals surface area (Å²) in [7, 11) is 0.0532. The normalized spacial score (nSPS) is 19.2. The molecule has 132 valence electrons. The molecule has 1 aliphatic heterocycles. The maximum absolute atomic E-state index is 11.7. The molecule has 0 aromatic heterocycles. The highest BCUT2D eigenvalue weighted by Crippen LogP contribution is 2.26. The van der Waals surface area contributed by atoms with Crippen molar-refractivity contribution in [2.45, 2.75) is 12.5 Å². The van der Waals surface area contributed by atoms with Crippen LogP contribution in [0.15, 0.2) is 23.4 Å². The molecule has 1 aromatic rings. The maximum Gasteiger partial charge on any atom is 0.261 e. The molecule has 8 nitrogen and oxygen atoms in total. The lowest BCUT2D eigenvalue weighted by atomic mass is 10.2. The zero-order valence-electron chi connectivity index (χ0n) is 13.5. The van der Waals surface area contributed by atoms with E-state index in [1.165, 1.54) is 13.3 Å². The number of ether oxygens (including phenoxy) is 2. The Labute approximate surface area is 140 Å². The molecule has 0 saturated carbocycles. The van der Waals surface area contributed by atoms with Crippen molar-refractivity contribution >= 4 is 22.0 Å². The molecule has 0 spiro atoms. The molecular formula is C15H20N2O6S. The first kappa shape index (κ1) is 18.1. The Hall–Kier alpha value is -2.29. The number of benzene rings is 1. The molecule has 1 aromatic carbocycles. The molecule has 0 bridgehead atoms. The van der Waals surface area contributed by atoms with Gasteiger partial charge in [0.1, 0.15) is 0 Å². The quantitative estimate of drug-likeness (QED) is 0.559. The molecule has 1 aliphatic rings. The predicted molar refractivity (Wildman–Crippen MR) is 88.3 cm³/mol. The highest BCUT2D eigenvalue weighted by Gasteiger charge is 2.28. The van der Waals surface area contributed by atoms with Crippen LogP contribution in [0.5, 0.6) is 11.5 Å². The first-order valence-electron chi connectivity index (χ1n) is 7.30. The summed E-state index contributed by atoms with van der Waals surface area (Å²) in [6.07, 6.45) is 1.87. The number of nitrogens with one attached hydrogen (secondary N) is 1. The van der Waals surface area contributed by atoms with Crippen LogP contribution in [-0.4, -0.2) is 58.9 Å². The van der Waals surface area contributed by atoms with E-state index in [4.69, 9.17) is 14.3 Å². The van der Waals surface area contributed by atoms with E-state index in [-0.39, 0.29) is 24.2 Å². The van der Waals surface area contributed by atoms with Gasteiger partial charge in [0, 0.05) is 11.6 Å². The molecule has 9 heteroatoms. The number of hydrogen-bond acceptors (Lipinski definition) is 7. The molecule has 1 N–H and O–H groups in total. The first-order valence-corrected chi connectivity index (χ1v) is 9.13. The molecule has 1 atom stereocenters. The average molecular weight is 356 g/mol. The lowest BCUT2D eigenvalue weighted by Crippen LogP contribution is -2.37. The number of sulfone groups is 1. The molecule has 1 heterocycles. The average Bonchev–Trinajstić information content (AvgIpc) is 2.89. The minimum Gasteiger partial charge on any atom is -0.493 e. The minimum absolute atomic E-state index is 0.0202. The molecule has 24 heavy (non-hydrogen) atoms. The Balaban J connectivity index is 1.79. The Morgan fingerprint density at radius 2 is 2.08 bits per heavy atom. The second-order valence-corrected chi connectivity index (χ2v) is 7.52. The molecule has 2 rings (SSSR count). The molecule has 0 unspecified atom stereocenters. The summed E-state index contributed by atoms with van der Waals surface area (Å²) < 4.78 is 32.9. The number of hydrogen-bond donors (Lipinski definition) is 1. The SMILES string of the molecule is COc1ccc(/C=N\OCC(=O)N[C@H]2CCS(=O)(=O)C2)cc1OC. The smallest absolute Gasteiger partial charge is 0.261 e. The number of methoxy groups -OCH3 is 2. The van der Waals surface area contributed by atoms with Crippen molar-refractivity contribution in [3.05, 3.63) is 23.8 Å². The van der Waals surface area contributed by atoms with E-state index >= 15 is 0 Å². The first-order chi connectivity index (χ1) is 11.4. The van der Waals surface area contributed by atoms with Gasteiger partial charge in [-0.25, -0.2) is 8.42 Å². The summed E-state index contributed by atoms with van der Waals surface area (Å²) in [5, 5.41) is 6.33. The van der Waals surface area contributed by atoms with Crippen LogP contribution in [0.4, 0.5) is 0 Å². The molecule has 1 fully saturated rings. The molecular weight excluding hydrogens is 336 g/mol. The fourth-order valence-electron chi connectivity index (χ4n) is 2.31. The summed E-state index contributed by atoms with van der Waals surface area (Å²) in [5.41, 5.74) is 0.718. The van der Waals surface area contributed by atoms with Crippen LogP contribution in [0, 0.1) is 0 Å². The van der Waals surface area contributed by atoms with Crippen LogP contribution in [0.25, 0.3) is 0 Å². The van der Waals surface area contributed by atoms with Gasteiger partial charge in [-0.15, -0.1) is 0 Å². The fraction of sp³-hybridized carbons (Fsp3) is 0.467. The summed E-state index contributed by atoms with van der Waals surface area (Å²) in [4.78, 5) is 16.6. The third-order valence-electron chi connectivity index (χ3n) is 3.48. The van der Waals surface area contributed by atoms with Crippen LogP contribution in [-0.2, 0) is 19.5 Å². The number of carbonyl (C=O) groups excluding carboxylic acids is 1. The van der Waals surface area contributed by atoms with Crippen LogP contribution in [0.2, 0.25) is 0 Å². The third-order valence-corrected chi connectivity index (χ3v) is 5.25. The van der Waals surface area contributed by atoms with E-state index in [9.17, 15) is 13.2 Å². The van der Waals surface area contributed by atoms with Gasteiger partial charge in [-0.05, 0) is 24.6 Å². The van der Waals surface area contributed by atoms with Crippen molar-refractivity contribution in [2.24, 2.45) is 5.16 Å². The van der Waals surface area contributed by atoms with E-state index in [0.717, 1.165) is 5.56 Å². The van der Waals surface area contributed by atoms with Gasteiger partial charge in [-0.2, -0.15) is 0 Å². The largest absolute Gasteiger partial charge is 0.493 e. The van der Waals surface area contributed by atoms with E-state index in [1.54, 1.807) is 25.3 Å². The second kappa shape index (κ2) is 8.00. The van der Waals surface area contributed by atoms with Crippen LogP contribution in [0.1, 0.15) is 12.0 Å². The summed E-state index contributed by atoms with van der Waals surface area (Å²) in [6.45, 7) is -0.277. The minimum atomic E-state index is -3.02. The predicted octanol–water partition coefficient (Wildman–Crippen LogP) is 0.358. The van der Waals surface area contributed by atoms with Crippen molar-refractivity contribution < 1.29 is 27.5 Å². The van der Waals surface area contributed by atoms with Crippen molar-refractivity contribution in [1.29, 1.82) is 0 Å². The number of nitrogens with zero attached hydrogens (tertiary/aromatic N) is 1. The van der Waals surface area contributed by atoms with Gasteiger partial charge in [-0.3, -0.25) is 4.79 Å². The van der Waals surface area contributed by atoms with Crippen molar-refractivity contribution in [3.63, 3.8) is 0 Å². The number of oxime groups is 1. The van der Waals surface area contributed by atoms with Crippen LogP contribution < -0.4 is 14.8 Å². The highest BCUT2D eigenvalue weighted by molar-refractivity contribution is 7.91. The van der Waals surface area contributed by atoms with E-state index < -0.39 is 15.7 Å². The topological polar surface area (TPSA) is 103 Å². The molecule has 1 saturated heterocycles. The van der Waals surface area contributed by atoms with Crippen molar-refractivity contribution in [2.75, 3.05) is 32.3 Å². The third kappa shape index (κ3) is 5.12. The van der Waals surface area contributed by atoms with Gasteiger partial charge in [0.25, 0.3) is 5.91 Å². The summed E-state index contributed by atoms with van der Waals surface area (Å²) >= 11 is 0. The Morgan fingerprint density at radius 3 is 2.71 bits per heavy atom.